The Kier molecular flexibility index (Phi) is 6.37. The van der Waals surface area contributed by atoms with Crippen LogP contribution >= 0.6 is 0 Å². The monoisotopic (exact) mass is 284 g/mol. The van der Waals surface area contributed by atoms with E-state index in [-0.39, 0.29) is 9.52 Å². The third kappa shape index (κ3) is 5.20. The van der Waals surface area contributed by atoms with Crippen molar-refractivity contribution >= 4 is 9.52 Å². The first-order valence-corrected chi connectivity index (χ1v) is 10.2. The average molecular weight is 285 g/mol. The molecule has 1 aliphatic heterocycles. The lowest BCUT2D eigenvalue weighted by Gasteiger charge is -2.38. The van der Waals surface area contributed by atoms with Crippen molar-refractivity contribution in [2.24, 2.45) is 11.3 Å². The minimum absolute atomic E-state index is 0.156. The summed E-state index contributed by atoms with van der Waals surface area (Å²) in [7, 11) is -0.156. The minimum atomic E-state index is -0.156. The first-order chi connectivity index (χ1) is 9.20. The van der Waals surface area contributed by atoms with E-state index in [1.54, 1.807) is 0 Å². The van der Waals surface area contributed by atoms with Gasteiger partial charge in [-0.15, -0.1) is 0 Å². The van der Waals surface area contributed by atoms with Crippen molar-refractivity contribution in [2.75, 3.05) is 19.4 Å². The molecule has 2 rings (SSSR count). The van der Waals surface area contributed by atoms with Crippen molar-refractivity contribution in [3.63, 3.8) is 0 Å². The van der Waals surface area contributed by atoms with Crippen LogP contribution < -0.4 is 0 Å². The second-order valence-electron chi connectivity index (χ2n) is 7.13. The minimum Gasteiger partial charge on any atom is -0.385 e. The van der Waals surface area contributed by atoms with Crippen LogP contribution in [-0.4, -0.2) is 34.7 Å². The topological polar surface area (TPSA) is 18.5 Å². The van der Waals surface area contributed by atoms with Crippen molar-refractivity contribution < 1.29 is 9.47 Å². The molecule has 3 heteroatoms. The molecular formula is C16H32O2Si. The van der Waals surface area contributed by atoms with Crippen LogP contribution in [0.5, 0.6) is 0 Å². The van der Waals surface area contributed by atoms with Crippen molar-refractivity contribution in [3.05, 3.63) is 0 Å². The maximum atomic E-state index is 6.12. The molecule has 2 aliphatic rings. The van der Waals surface area contributed by atoms with Crippen LogP contribution in [0.4, 0.5) is 0 Å². The zero-order valence-electron chi connectivity index (χ0n) is 13.0. The Hall–Kier alpha value is 0.137. The quantitative estimate of drug-likeness (QED) is 0.528. The maximum absolute atomic E-state index is 6.12. The van der Waals surface area contributed by atoms with Crippen molar-refractivity contribution in [1.29, 1.82) is 0 Å². The van der Waals surface area contributed by atoms with E-state index in [9.17, 15) is 0 Å². The summed E-state index contributed by atoms with van der Waals surface area (Å²) < 4.78 is 11.8. The lowest BCUT2D eigenvalue weighted by atomic mass is 9.70. The van der Waals surface area contributed by atoms with Gasteiger partial charge in [0.05, 0.1) is 16.1 Å². The molecule has 1 heterocycles. The van der Waals surface area contributed by atoms with Gasteiger partial charge in [0, 0.05) is 18.6 Å². The van der Waals surface area contributed by atoms with E-state index >= 15 is 0 Å². The highest BCUT2D eigenvalue weighted by Gasteiger charge is 2.33. The maximum Gasteiger partial charge on any atom is 0.0861 e. The van der Waals surface area contributed by atoms with E-state index in [1.807, 2.05) is 0 Å². The van der Waals surface area contributed by atoms with Gasteiger partial charge in [0.15, 0.2) is 0 Å². The fourth-order valence-electron chi connectivity index (χ4n) is 3.95. The molecule has 0 spiro atoms. The van der Waals surface area contributed by atoms with E-state index in [0.717, 1.165) is 25.4 Å². The average Bonchev–Trinajstić information content (AvgIpc) is 2.88. The third-order valence-electron chi connectivity index (χ3n) is 4.77. The fourth-order valence-corrected chi connectivity index (χ4v) is 5.44. The van der Waals surface area contributed by atoms with Gasteiger partial charge in [-0.2, -0.15) is 0 Å². The van der Waals surface area contributed by atoms with Crippen LogP contribution in [0.1, 0.15) is 65.2 Å². The Morgan fingerprint density at radius 2 is 2.00 bits per heavy atom. The van der Waals surface area contributed by atoms with Gasteiger partial charge < -0.3 is 9.47 Å². The largest absolute Gasteiger partial charge is 0.385 e. The predicted octanol–water partition coefficient (Wildman–Crippen LogP) is 3.26. The molecule has 0 amide bonds. The van der Waals surface area contributed by atoms with Crippen molar-refractivity contribution in [1.82, 2.24) is 0 Å². The molecule has 0 aromatic heterocycles. The van der Waals surface area contributed by atoms with Gasteiger partial charge in [0.2, 0.25) is 0 Å². The Balaban J connectivity index is 1.69. The van der Waals surface area contributed by atoms with Crippen LogP contribution in [0.25, 0.3) is 0 Å². The molecule has 0 radical (unpaired) electrons. The predicted molar refractivity (Wildman–Crippen MR) is 83.3 cm³/mol. The molecule has 1 saturated carbocycles. The van der Waals surface area contributed by atoms with Gasteiger partial charge >= 0.3 is 0 Å². The molecule has 0 N–H and O–H groups in total. The lowest BCUT2D eigenvalue weighted by Crippen LogP contribution is -2.33. The molecule has 1 aliphatic carbocycles. The summed E-state index contributed by atoms with van der Waals surface area (Å²) in [5.41, 5.74) is 1.13. The zero-order chi connectivity index (χ0) is 13.6. The molecule has 1 saturated heterocycles. The van der Waals surface area contributed by atoms with Gasteiger partial charge in [0.1, 0.15) is 0 Å². The van der Waals surface area contributed by atoms with Crippen LogP contribution in [0.3, 0.4) is 0 Å². The Morgan fingerprint density at radius 1 is 1.21 bits per heavy atom. The van der Waals surface area contributed by atoms with Crippen LogP contribution in [-0.2, 0) is 9.47 Å². The zero-order valence-corrected chi connectivity index (χ0v) is 14.4. The second-order valence-corrected chi connectivity index (χ2v) is 9.03. The summed E-state index contributed by atoms with van der Waals surface area (Å²) >= 11 is 0. The summed E-state index contributed by atoms with van der Waals surface area (Å²) in [5.74, 6) is 0.803. The number of hydrogen-bond donors (Lipinski definition) is 0. The summed E-state index contributed by atoms with van der Waals surface area (Å²) in [6.45, 7) is 6.73. The Bertz CT molecular complexity index is 243. The smallest absolute Gasteiger partial charge is 0.0861 e. The summed E-state index contributed by atoms with van der Waals surface area (Å²) in [4.78, 5) is 0. The number of hydrogen-bond acceptors (Lipinski definition) is 2. The molecule has 2 fully saturated rings. The normalized spacial score (nSPS) is 27.6. The van der Waals surface area contributed by atoms with Gasteiger partial charge in [-0.1, -0.05) is 33.1 Å². The molecule has 112 valence electrons. The Morgan fingerprint density at radius 3 is 2.63 bits per heavy atom. The van der Waals surface area contributed by atoms with E-state index < -0.39 is 0 Å². The summed E-state index contributed by atoms with van der Waals surface area (Å²) in [5, 5.41) is 0. The van der Waals surface area contributed by atoms with Crippen LogP contribution in [0.2, 0.25) is 0 Å². The van der Waals surface area contributed by atoms with Gasteiger partial charge in [-0.3, -0.25) is 0 Å². The van der Waals surface area contributed by atoms with Crippen molar-refractivity contribution in [3.8, 4) is 0 Å². The van der Waals surface area contributed by atoms with Crippen LogP contribution in [0.15, 0.2) is 0 Å². The molecular weight excluding hydrogens is 252 g/mol. The van der Waals surface area contributed by atoms with Gasteiger partial charge in [-0.25, -0.2) is 0 Å². The van der Waals surface area contributed by atoms with E-state index in [4.69, 9.17) is 9.47 Å². The molecule has 0 aromatic rings. The van der Waals surface area contributed by atoms with E-state index in [0.29, 0.717) is 11.1 Å². The van der Waals surface area contributed by atoms with E-state index in [1.165, 1.54) is 51.4 Å². The lowest BCUT2D eigenvalue weighted by molar-refractivity contribution is 0.0223. The van der Waals surface area contributed by atoms with Gasteiger partial charge in [-0.05, 0) is 43.4 Å². The standard InChI is InChI=1S/C16H32O2Si/c1-14(2)11-16(8-4-3-5-9-16)12-17-13-19-15-7-6-10-18-15/h14-15H,3-13,19H2,1-2H3. The third-order valence-corrected chi connectivity index (χ3v) is 6.58. The highest BCUT2D eigenvalue weighted by Crippen LogP contribution is 2.41. The molecule has 19 heavy (non-hydrogen) atoms. The number of rotatable bonds is 7. The molecule has 0 bridgehead atoms. The SMILES string of the molecule is CC(C)CC1(COC[SiH2]C2CCCO2)CCCCC1. The molecule has 1 atom stereocenters. The Labute approximate surface area is 121 Å². The molecule has 1 unspecified atom stereocenters. The first kappa shape index (κ1) is 15.5. The fraction of sp³-hybridized carbons (Fsp3) is 1.00. The van der Waals surface area contributed by atoms with Crippen LogP contribution in [0, 0.1) is 11.3 Å². The van der Waals surface area contributed by atoms with Gasteiger partial charge in [0.25, 0.3) is 0 Å². The second kappa shape index (κ2) is 7.80. The highest BCUT2D eigenvalue weighted by atomic mass is 28.2. The number of ether oxygens (including phenoxy) is 2. The summed E-state index contributed by atoms with van der Waals surface area (Å²) in [6.07, 6.45) is 12.0. The first-order valence-electron chi connectivity index (χ1n) is 8.40. The molecule has 2 nitrogen and oxygen atoms in total. The van der Waals surface area contributed by atoms with Crippen molar-refractivity contribution in [2.45, 2.75) is 70.9 Å². The highest BCUT2D eigenvalue weighted by molar-refractivity contribution is 6.37. The summed E-state index contributed by atoms with van der Waals surface area (Å²) in [6, 6.07) is 0. The van der Waals surface area contributed by atoms with E-state index in [2.05, 4.69) is 13.8 Å². The molecule has 0 aromatic carbocycles.